The Morgan fingerprint density at radius 1 is 1.06 bits per heavy atom. The number of anilines is 1. The number of aryl methyl sites for hydroxylation is 1. The highest BCUT2D eigenvalue weighted by Crippen LogP contribution is 2.54. The maximum absolute atomic E-state index is 13.7. The Labute approximate surface area is 191 Å². The summed E-state index contributed by atoms with van der Waals surface area (Å²) in [5.41, 5.74) is 7.28. The molecule has 0 radical (unpaired) electrons. The summed E-state index contributed by atoms with van der Waals surface area (Å²) in [6.45, 7) is 2.14. The Hall–Kier alpha value is -3.52. The van der Waals surface area contributed by atoms with E-state index in [4.69, 9.17) is 5.73 Å². The topological polar surface area (TPSA) is 122 Å². The SMILES string of the molecule is Cc1cccc2c1NC(=O)[C@@]21N[C@H](CCC(N)=O)[C@H]2C(=O)N(CCc3ccccc3)C(=O)[C@H]21. The lowest BCUT2D eigenvalue weighted by Crippen LogP contribution is -2.53. The fraction of sp³-hybridized carbons (Fsp3) is 0.360. The molecular weight excluding hydrogens is 420 g/mol. The van der Waals surface area contributed by atoms with Crippen LogP contribution in [-0.4, -0.2) is 41.1 Å². The highest BCUT2D eigenvalue weighted by atomic mass is 16.2. The molecule has 0 aliphatic carbocycles. The number of primary amides is 1. The number of amides is 4. The van der Waals surface area contributed by atoms with Crippen LogP contribution in [0.15, 0.2) is 48.5 Å². The van der Waals surface area contributed by atoms with E-state index < -0.39 is 29.3 Å². The minimum absolute atomic E-state index is 0.0603. The van der Waals surface area contributed by atoms with Gasteiger partial charge in [-0.15, -0.1) is 0 Å². The molecule has 0 saturated carbocycles. The summed E-state index contributed by atoms with van der Waals surface area (Å²) in [5, 5.41) is 6.25. The summed E-state index contributed by atoms with van der Waals surface area (Å²) in [7, 11) is 0. The maximum Gasteiger partial charge on any atom is 0.250 e. The number of hydrogen-bond acceptors (Lipinski definition) is 5. The van der Waals surface area contributed by atoms with E-state index in [0.29, 0.717) is 17.7 Å². The van der Waals surface area contributed by atoms with E-state index in [0.717, 1.165) is 11.1 Å². The molecule has 3 aliphatic rings. The van der Waals surface area contributed by atoms with Crippen LogP contribution in [-0.2, 0) is 31.1 Å². The molecule has 4 N–H and O–H groups in total. The van der Waals surface area contributed by atoms with Crippen molar-refractivity contribution in [3.05, 3.63) is 65.2 Å². The van der Waals surface area contributed by atoms with E-state index in [-0.39, 0.29) is 37.1 Å². The third-order valence-electron chi connectivity index (χ3n) is 7.22. The van der Waals surface area contributed by atoms with E-state index in [1.54, 1.807) is 0 Å². The van der Waals surface area contributed by atoms with Crippen molar-refractivity contribution in [3.8, 4) is 0 Å². The molecule has 2 aromatic carbocycles. The highest BCUT2D eigenvalue weighted by Gasteiger charge is 2.70. The molecule has 2 aromatic rings. The quantitative estimate of drug-likeness (QED) is 0.576. The number of hydrogen-bond donors (Lipinski definition) is 3. The smallest absolute Gasteiger partial charge is 0.250 e. The van der Waals surface area contributed by atoms with Crippen molar-refractivity contribution in [2.24, 2.45) is 17.6 Å². The molecule has 4 atom stereocenters. The van der Waals surface area contributed by atoms with Gasteiger partial charge in [0.15, 0.2) is 0 Å². The Kier molecular flexibility index (Phi) is 5.05. The van der Waals surface area contributed by atoms with Crippen LogP contribution in [0.1, 0.15) is 29.5 Å². The largest absolute Gasteiger partial charge is 0.370 e. The van der Waals surface area contributed by atoms with Crippen LogP contribution >= 0.6 is 0 Å². The third-order valence-corrected chi connectivity index (χ3v) is 7.22. The number of fused-ring (bicyclic) bond motifs is 4. The van der Waals surface area contributed by atoms with Crippen LogP contribution in [0, 0.1) is 18.8 Å². The zero-order chi connectivity index (χ0) is 23.3. The van der Waals surface area contributed by atoms with Crippen molar-refractivity contribution < 1.29 is 19.2 Å². The molecular formula is C25H26N4O4. The molecule has 3 heterocycles. The minimum Gasteiger partial charge on any atom is -0.370 e. The molecule has 8 heteroatoms. The third kappa shape index (κ3) is 3.16. The monoisotopic (exact) mass is 446 g/mol. The molecule has 33 heavy (non-hydrogen) atoms. The second-order valence-corrected chi connectivity index (χ2v) is 9.08. The minimum atomic E-state index is -1.34. The van der Waals surface area contributed by atoms with E-state index in [9.17, 15) is 19.2 Å². The molecule has 0 unspecified atom stereocenters. The number of carbonyl (C=O) groups is 4. The van der Waals surface area contributed by atoms with Crippen molar-refractivity contribution in [2.75, 3.05) is 11.9 Å². The summed E-state index contributed by atoms with van der Waals surface area (Å²) in [4.78, 5) is 53.4. The van der Waals surface area contributed by atoms with Crippen molar-refractivity contribution in [3.63, 3.8) is 0 Å². The maximum atomic E-state index is 13.7. The van der Waals surface area contributed by atoms with E-state index in [2.05, 4.69) is 10.6 Å². The van der Waals surface area contributed by atoms with Crippen LogP contribution < -0.4 is 16.4 Å². The first-order chi connectivity index (χ1) is 15.8. The Morgan fingerprint density at radius 3 is 2.55 bits per heavy atom. The molecule has 2 fully saturated rings. The number of para-hydroxylation sites is 1. The molecule has 0 bridgehead atoms. The van der Waals surface area contributed by atoms with E-state index in [1.165, 1.54) is 4.90 Å². The summed E-state index contributed by atoms with van der Waals surface area (Å²) < 4.78 is 0. The zero-order valence-electron chi connectivity index (χ0n) is 18.3. The first kappa shape index (κ1) is 21.3. The lowest BCUT2D eigenvalue weighted by molar-refractivity contribution is -0.142. The van der Waals surface area contributed by atoms with Crippen LogP contribution in [0.5, 0.6) is 0 Å². The fourth-order valence-electron chi connectivity index (χ4n) is 5.69. The van der Waals surface area contributed by atoms with Gasteiger partial charge >= 0.3 is 0 Å². The van der Waals surface area contributed by atoms with Gasteiger partial charge in [-0.25, -0.2) is 0 Å². The van der Waals surface area contributed by atoms with Gasteiger partial charge in [-0.1, -0.05) is 48.5 Å². The number of nitrogens with one attached hydrogen (secondary N) is 2. The molecule has 8 nitrogen and oxygen atoms in total. The van der Waals surface area contributed by atoms with E-state index >= 15 is 0 Å². The van der Waals surface area contributed by atoms with Gasteiger partial charge in [-0.05, 0) is 30.9 Å². The summed E-state index contributed by atoms with van der Waals surface area (Å²) in [6.07, 6.45) is 0.870. The van der Waals surface area contributed by atoms with Crippen LogP contribution in [0.4, 0.5) is 5.69 Å². The lowest BCUT2D eigenvalue weighted by Gasteiger charge is -2.29. The van der Waals surface area contributed by atoms with Gasteiger partial charge in [0.2, 0.25) is 23.6 Å². The zero-order valence-corrected chi connectivity index (χ0v) is 18.3. The van der Waals surface area contributed by atoms with Crippen molar-refractivity contribution in [1.82, 2.24) is 10.2 Å². The predicted molar refractivity (Wildman–Crippen MR) is 121 cm³/mol. The van der Waals surface area contributed by atoms with Gasteiger partial charge in [0.1, 0.15) is 5.54 Å². The number of carbonyl (C=O) groups excluding carboxylic acids is 4. The first-order valence-corrected chi connectivity index (χ1v) is 11.2. The normalized spacial score (nSPS) is 27.7. The molecule has 4 amide bonds. The number of rotatable bonds is 6. The van der Waals surface area contributed by atoms with Crippen LogP contribution in [0.3, 0.4) is 0 Å². The standard InChI is InChI=1S/C25H26N4O4/c1-14-6-5-9-16-21(14)27-24(33)25(16)20-19(17(28-25)10-11-18(26)30)22(31)29(23(20)32)13-12-15-7-3-2-4-8-15/h2-9,17,19-20,28H,10-13H2,1H3,(H2,26,30)(H,27,33)/t17-,19-,20+,25-/m1/s1. The summed E-state index contributed by atoms with van der Waals surface area (Å²) >= 11 is 0. The number of benzene rings is 2. The van der Waals surface area contributed by atoms with Gasteiger partial charge in [-0.2, -0.15) is 0 Å². The molecule has 2 saturated heterocycles. The number of imide groups is 1. The van der Waals surface area contributed by atoms with Crippen LogP contribution in [0.2, 0.25) is 0 Å². The summed E-state index contributed by atoms with van der Waals surface area (Å²) in [5.74, 6) is -3.08. The average molecular weight is 447 g/mol. The molecule has 0 aromatic heterocycles. The number of likely N-dealkylation sites (tertiary alicyclic amines) is 1. The van der Waals surface area contributed by atoms with Gasteiger partial charge in [-0.3, -0.25) is 29.4 Å². The second-order valence-electron chi connectivity index (χ2n) is 9.08. The van der Waals surface area contributed by atoms with Gasteiger partial charge < -0.3 is 11.1 Å². The highest BCUT2D eigenvalue weighted by molar-refractivity contribution is 6.15. The Bertz CT molecular complexity index is 1160. The summed E-state index contributed by atoms with van der Waals surface area (Å²) in [6, 6.07) is 14.7. The Balaban J connectivity index is 1.53. The van der Waals surface area contributed by atoms with Gasteiger partial charge in [0, 0.05) is 30.3 Å². The predicted octanol–water partition coefficient (Wildman–Crippen LogP) is 1.22. The number of nitrogens with zero attached hydrogens (tertiary/aromatic N) is 1. The van der Waals surface area contributed by atoms with Crippen LogP contribution in [0.25, 0.3) is 0 Å². The average Bonchev–Trinajstić information content (AvgIpc) is 3.38. The van der Waals surface area contributed by atoms with Crippen molar-refractivity contribution >= 4 is 29.3 Å². The van der Waals surface area contributed by atoms with Gasteiger partial charge in [0.25, 0.3) is 0 Å². The molecule has 170 valence electrons. The van der Waals surface area contributed by atoms with Gasteiger partial charge in [0.05, 0.1) is 11.8 Å². The fourth-order valence-corrected chi connectivity index (χ4v) is 5.69. The molecule has 3 aliphatic heterocycles. The first-order valence-electron chi connectivity index (χ1n) is 11.2. The molecule has 5 rings (SSSR count). The van der Waals surface area contributed by atoms with Crippen molar-refractivity contribution in [2.45, 2.75) is 37.8 Å². The molecule has 1 spiro atoms. The Morgan fingerprint density at radius 2 is 1.82 bits per heavy atom. The second kappa shape index (κ2) is 7.81. The lowest BCUT2D eigenvalue weighted by atomic mass is 9.76. The van der Waals surface area contributed by atoms with E-state index in [1.807, 2.05) is 55.5 Å². The van der Waals surface area contributed by atoms with Crippen molar-refractivity contribution in [1.29, 1.82) is 0 Å². The number of nitrogens with two attached hydrogens (primary N) is 1.